The Hall–Kier alpha value is -0.570. The van der Waals surface area contributed by atoms with Gasteiger partial charge in [0.1, 0.15) is 0 Å². The summed E-state index contributed by atoms with van der Waals surface area (Å²) in [4.78, 5) is 0. The van der Waals surface area contributed by atoms with Gasteiger partial charge in [-0.15, -0.1) is 12.4 Å². The molecule has 0 radical (unpaired) electrons. The monoisotopic (exact) mass is 225 g/mol. The SMILES string of the molecule is Cc1ccc2c(c1)C1CNCC1OC2.Cl. The zero-order chi connectivity index (χ0) is 9.54. The smallest absolute Gasteiger partial charge is 0.0784 e. The lowest BCUT2D eigenvalue weighted by Gasteiger charge is -2.28. The number of fused-ring (bicyclic) bond motifs is 3. The number of rotatable bonds is 0. The Morgan fingerprint density at radius 3 is 3.07 bits per heavy atom. The van der Waals surface area contributed by atoms with Crippen molar-refractivity contribution < 1.29 is 4.74 Å². The number of hydrogen-bond acceptors (Lipinski definition) is 2. The fourth-order valence-corrected chi connectivity index (χ4v) is 2.53. The molecule has 2 unspecified atom stereocenters. The maximum absolute atomic E-state index is 5.81. The molecule has 0 spiro atoms. The third kappa shape index (κ3) is 1.78. The third-order valence-electron chi connectivity index (χ3n) is 3.31. The Morgan fingerprint density at radius 1 is 1.33 bits per heavy atom. The fourth-order valence-electron chi connectivity index (χ4n) is 2.53. The zero-order valence-electron chi connectivity index (χ0n) is 8.82. The average Bonchev–Trinajstić information content (AvgIpc) is 2.65. The number of ether oxygens (including phenoxy) is 1. The van der Waals surface area contributed by atoms with E-state index in [2.05, 4.69) is 30.4 Å². The number of halogens is 1. The van der Waals surface area contributed by atoms with Crippen molar-refractivity contribution in [3.8, 4) is 0 Å². The molecule has 3 heteroatoms. The molecule has 0 aromatic heterocycles. The Kier molecular flexibility index (Phi) is 3.01. The van der Waals surface area contributed by atoms with Gasteiger partial charge in [0.15, 0.2) is 0 Å². The minimum absolute atomic E-state index is 0. The Bertz CT molecular complexity index is 367. The van der Waals surface area contributed by atoms with Crippen LogP contribution in [-0.4, -0.2) is 19.2 Å². The lowest BCUT2D eigenvalue weighted by Crippen LogP contribution is -2.26. The average molecular weight is 226 g/mol. The van der Waals surface area contributed by atoms with Gasteiger partial charge in [-0.3, -0.25) is 0 Å². The van der Waals surface area contributed by atoms with Crippen molar-refractivity contribution in [2.45, 2.75) is 25.6 Å². The summed E-state index contributed by atoms with van der Waals surface area (Å²) >= 11 is 0. The van der Waals surface area contributed by atoms with Crippen molar-refractivity contribution in [1.82, 2.24) is 5.32 Å². The van der Waals surface area contributed by atoms with Crippen LogP contribution in [-0.2, 0) is 11.3 Å². The van der Waals surface area contributed by atoms with Crippen molar-refractivity contribution in [3.05, 3.63) is 34.9 Å². The minimum atomic E-state index is 0. The lowest BCUT2D eigenvalue weighted by atomic mass is 9.88. The second-order valence-electron chi connectivity index (χ2n) is 4.32. The summed E-state index contributed by atoms with van der Waals surface area (Å²) in [7, 11) is 0. The summed E-state index contributed by atoms with van der Waals surface area (Å²) in [5.74, 6) is 0.582. The van der Waals surface area contributed by atoms with Gasteiger partial charge in [-0.05, 0) is 18.1 Å². The van der Waals surface area contributed by atoms with E-state index in [4.69, 9.17) is 4.74 Å². The molecule has 2 aliphatic rings. The molecule has 3 rings (SSSR count). The molecule has 1 aromatic carbocycles. The summed E-state index contributed by atoms with van der Waals surface area (Å²) in [6.45, 7) is 5.03. The van der Waals surface area contributed by atoms with Crippen molar-refractivity contribution in [1.29, 1.82) is 0 Å². The largest absolute Gasteiger partial charge is 0.372 e. The topological polar surface area (TPSA) is 21.3 Å². The van der Waals surface area contributed by atoms with Crippen molar-refractivity contribution in [2.24, 2.45) is 0 Å². The van der Waals surface area contributed by atoms with Gasteiger partial charge in [-0.2, -0.15) is 0 Å². The normalized spacial score (nSPS) is 27.8. The van der Waals surface area contributed by atoms with E-state index in [-0.39, 0.29) is 12.4 Å². The highest BCUT2D eigenvalue weighted by atomic mass is 35.5. The van der Waals surface area contributed by atoms with Gasteiger partial charge in [-0.1, -0.05) is 23.8 Å². The molecule has 15 heavy (non-hydrogen) atoms. The van der Waals surface area contributed by atoms with E-state index in [9.17, 15) is 0 Å². The molecule has 2 atom stereocenters. The number of nitrogens with one attached hydrogen (secondary N) is 1. The number of benzene rings is 1. The van der Waals surface area contributed by atoms with Gasteiger partial charge >= 0.3 is 0 Å². The van der Waals surface area contributed by atoms with Crippen LogP contribution in [0.25, 0.3) is 0 Å². The first-order chi connectivity index (χ1) is 6.84. The van der Waals surface area contributed by atoms with Gasteiger partial charge < -0.3 is 10.1 Å². The van der Waals surface area contributed by atoms with Gasteiger partial charge in [0.05, 0.1) is 12.7 Å². The van der Waals surface area contributed by atoms with Gasteiger partial charge in [0.2, 0.25) is 0 Å². The summed E-state index contributed by atoms with van der Waals surface area (Å²) < 4.78 is 5.81. The molecule has 0 amide bonds. The van der Waals surface area contributed by atoms with E-state index in [0.29, 0.717) is 12.0 Å². The molecular weight excluding hydrogens is 210 g/mol. The van der Waals surface area contributed by atoms with E-state index in [1.54, 1.807) is 0 Å². The van der Waals surface area contributed by atoms with Crippen LogP contribution in [0, 0.1) is 6.92 Å². The predicted octanol–water partition coefficient (Wildman–Crippen LogP) is 2.00. The fraction of sp³-hybridized carbons (Fsp3) is 0.500. The second kappa shape index (κ2) is 4.12. The van der Waals surface area contributed by atoms with Crippen LogP contribution in [0.4, 0.5) is 0 Å². The predicted molar refractivity (Wildman–Crippen MR) is 62.6 cm³/mol. The molecular formula is C12H16ClNO. The molecule has 0 bridgehead atoms. The highest BCUT2D eigenvalue weighted by molar-refractivity contribution is 5.85. The van der Waals surface area contributed by atoms with Crippen molar-refractivity contribution in [3.63, 3.8) is 0 Å². The Morgan fingerprint density at radius 2 is 2.20 bits per heavy atom. The van der Waals surface area contributed by atoms with Crippen LogP contribution in [0.15, 0.2) is 18.2 Å². The van der Waals surface area contributed by atoms with Crippen molar-refractivity contribution in [2.75, 3.05) is 13.1 Å². The van der Waals surface area contributed by atoms with E-state index in [0.717, 1.165) is 19.7 Å². The van der Waals surface area contributed by atoms with Crippen LogP contribution in [0.1, 0.15) is 22.6 Å². The number of hydrogen-bond donors (Lipinski definition) is 1. The number of aryl methyl sites for hydroxylation is 1. The first-order valence-electron chi connectivity index (χ1n) is 5.26. The van der Waals surface area contributed by atoms with Crippen LogP contribution >= 0.6 is 12.4 Å². The summed E-state index contributed by atoms with van der Waals surface area (Å²) in [6.07, 6.45) is 0.407. The van der Waals surface area contributed by atoms with Crippen molar-refractivity contribution >= 4 is 12.4 Å². The highest BCUT2D eigenvalue weighted by Gasteiger charge is 2.33. The summed E-state index contributed by atoms with van der Waals surface area (Å²) in [5, 5.41) is 3.40. The van der Waals surface area contributed by atoms with Crippen LogP contribution in [0.3, 0.4) is 0 Å². The van der Waals surface area contributed by atoms with Crippen LogP contribution < -0.4 is 5.32 Å². The Labute approximate surface area is 96.4 Å². The molecule has 2 nitrogen and oxygen atoms in total. The third-order valence-corrected chi connectivity index (χ3v) is 3.31. The second-order valence-corrected chi connectivity index (χ2v) is 4.32. The molecule has 1 saturated heterocycles. The van der Waals surface area contributed by atoms with Crippen LogP contribution in [0.5, 0.6) is 0 Å². The Balaban J connectivity index is 0.000000853. The molecule has 1 N–H and O–H groups in total. The quantitative estimate of drug-likeness (QED) is 0.730. The standard InChI is InChI=1S/C12H15NO.ClH/c1-8-2-3-9-7-14-12-6-13-5-11(12)10(9)4-8;/h2-4,11-13H,5-7H2,1H3;1H. The minimum Gasteiger partial charge on any atom is -0.372 e. The first kappa shape index (κ1) is 10.9. The van der Waals surface area contributed by atoms with Gasteiger partial charge in [0.25, 0.3) is 0 Å². The van der Waals surface area contributed by atoms with Crippen LogP contribution in [0.2, 0.25) is 0 Å². The molecule has 0 saturated carbocycles. The lowest BCUT2D eigenvalue weighted by molar-refractivity contribution is 0.0299. The summed E-state index contributed by atoms with van der Waals surface area (Å²) in [6, 6.07) is 6.70. The molecule has 1 aromatic rings. The van der Waals surface area contributed by atoms with Gasteiger partial charge in [0, 0.05) is 19.0 Å². The highest BCUT2D eigenvalue weighted by Crippen LogP contribution is 2.33. The van der Waals surface area contributed by atoms with E-state index >= 15 is 0 Å². The van der Waals surface area contributed by atoms with E-state index in [1.807, 2.05) is 0 Å². The maximum atomic E-state index is 5.81. The van der Waals surface area contributed by atoms with E-state index < -0.39 is 0 Å². The zero-order valence-corrected chi connectivity index (χ0v) is 9.64. The molecule has 82 valence electrons. The molecule has 0 aliphatic carbocycles. The van der Waals surface area contributed by atoms with E-state index in [1.165, 1.54) is 16.7 Å². The molecule has 2 aliphatic heterocycles. The first-order valence-corrected chi connectivity index (χ1v) is 5.26. The molecule has 1 fully saturated rings. The molecule has 2 heterocycles. The summed E-state index contributed by atoms with van der Waals surface area (Å²) in [5.41, 5.74) is 4.24. The van der Waals surface area contributed by atoms with Gasteiger partial charge in [-0.25, -0.2) is 0 Å². The maximum Gasteiger partial charge on any atom is 0.0784 e.